The minimum atomic E-state index is -2.96. The number of carbonyl (C=O) groups is 1. The highest BCUT2D eigenvalue weighted by Crippen LogP contribution is 2.29. The number of ether oxygens (including phenoxy) is 3. The number of carbonyl (C=O) groups excluding carboxylic acids is 1. The van der Waals surface area contributed by atoms with Crippen LogP contribution in [-0.2, 0) is 11.3 Å². The first-order chi connectivity index (χ1) is 13.9. The summed E-state index contributed by atoms with van der Waals surface area (Å²) in [6, 6.07) is 12.2. The molecule has 0 aliphatic rings. The summed E-state index contributed by atoms with van der Waals surface area (Å²) in [6.07, 6.45) is 0. The molecular weight excluding hydrogens is 388 g/mol. The van der Waals surface area contributed by atoms with E-state index in [9.17, 15) is 18.4 Å². The minimum Gasteiger partial charge on any atom is -0.493 e. The Morgan fingerprint density at radius 3 is 2.66 bits per heavy atom. The van der Waals surface area contributed by atoms with Crippen LogP contribution in [0.15, 0.2) is 57.7 Å². The largest absolute Gasteiger partial charge is 0.493 e. The number of hydrogen-bond acceptors (Lipinski definition) is 6. The molecule has 0 aliphatic carbocycles. The van der Waals surface area contributed by atoms with Crippen LogP contribution in [0.2, 0.25) is 0 Å². The molecule has 2 aromatic carbocycles. The molecule has 29 heavy (non-hydrogen) atoms. The SMILES string of the molecule is COc1cc(CNC(=O)COc2ccc3ccc(=O)oc3c2)ccc1OC(F)F. The predicted molar refractivity (Wildman–Crippen MR) is 99.5 cm³/mol. The van der Waals surface area contributed by atoms with Gasteiger partial charge in [-0.1, -0.05) is 6.07 Å². The highest BCUT2D eigenvalue weighted by Gasteiger charge is 2.12. The zero-order chi connectivity index (χ0) is 20.8. The van der Waals surface area contributed by atoms with Crippen LogP contribution in [0.25, 0.3) is 11.0 Å². The molecule has 0 radical (unpaired) electrons. The van der Waals surface area contributed by atoms with Gasteiger partial charge < -0.3 is 23.9 Å². The maximum atomic E-state index is 12.4. The number of hydrogen-bond donors (Lipinski definition) is 1. The molecule has 1 aromatic heterocycles. The normalized spacial score (nSPS) is 10.8. The van der Waals surface area contributed by atoms with Gasteiger partial charge in [0.25, 0.3) is 5.91 Å². The lowest BCUT2D eigenvalue weighted by Gasteiger charge is -2.12. The Hall–Kier alpha value is -3.62. The van der Waals surface area contributed by atoms with Crippen molar-refractivity contribution in [3.05, 3.63) is 64.5 Å². The molecule has 152 valence electrons. The van der Waals surface area contributed by atoms with E-state index in [1.54, 1.807) is 18.2 Å². The Morgan fingerprint density at radius 2 is 1.90 bits per heavy atom. The number of nitrogens with one attached hydrogen (secondary N) is 1. The van der Waals surface area contributed by atoms with Gasteiger partial charge in [-0.2, -0.15) is 8.78 Å². The second kappa shape index (κ2) is 9.05. The van der Waals surface area contributed by atoms with E-state index < -0.39 is 18.1 Å². The van der Waals surface area contributed by atoms with E-state index in [4.69, 9.17) is 13.9 Å². The highest BCUT2D eigenvalue weighted by molar-refractivity contribution is 5.79. The molecule has 1 N–H and O–H groups in total. The van der Waals surface area contributed by atoms with Crippen LogP contribution < -0.4 is 25.2 Å². The quantitative estimate of drug-likeness (QED) is 0.580. The maximum absolute atomic E-state index is 12.4. The van der Waals surface area contributed by atoms with Crippen molar-refractivity contribution in [3.63, 3.8) is 0 Å². The Kier molecular flexibility index (Phi) is 6.28. The van der Waals surface area contributed by atoms with Gasteiger partial charge >= 0.3 is 12.2 Å². The molecule has 1 heterocycles. The van der Waals surface area contributed by atoms with Crippen LogP contribution in [0.3, 0.4) is 0 Å². The smallest absolute Gasteiger partial charge is 0.387 e. The summed E-state index contributed by atoms with van der Waals surface area (Å²) in [6.45, 7) is -3.08. The van der Waals surface area contributed by atoms with Gasteiger partial charge in [0.05, 0.1) is 7.11 Å². The van der Waals surface area contributed by atoms with E-state index in [0.29, 0.717) is 16.9 Å². The summed E-state index contributed by atoms with van der Waals surface area (Å²) in [5.41, 5.74) is 0.505. The Balaban J connectivity index is 1.55. The molecule has 1 amide bonds. The minimum absolute atomic E-state index is 0.0936. The number of methoxy groups -OCH3 is 1. The summed E-state index contributed by atoms with van der Waals surface area (Å²) < 4.78 is 44.5. The molecule has 0 aliphatic heterocycles. The highest BCUT2D eigenvalue weighted by atomic mass is 19.3. The Bertz CT molecular complexity index is 1070. The van der Waals surface area contributed by atoms with Crippen molar-refractivity contribution < 1.29 is 32.2 Å². The van der Waals surface area contributed by atoms with Gasteiger partial charge in [0.1, 0.15) is 11.3 Å². The number of benzene rings is 2. The van der Waals surface area contributed by atoms with E-state index >= 15 is 0 Å². The second-order valence-electron chi connectivity index (χ2n) is 5.88. The number of halogens is 2. The summed E-state index contributed by atoms with van der Waals surface area (Å²) in [7, 11) is 1.33. The number of fused-ring (bicyclic) bond motifs is 1. The average molecular weight is 405 g/mol. The van der Waals surface area contributed by atoms with Gasteiger partial charge in [-0.15, -0.1) is 0 Å². The molecule has 9 heteroatoms. The molecule has 7 nitrogen and oxygen atoms in total. The molecule has 3 rings (SSSR count). The molecule has 0 unspecified atom stereocenters. The fourth-order valence-electron chi connectivity index (χ4n) is 2.55. The summed E-state index contributed by atoms with van der Waals surface area (Å²) in [5, 5.41) is 3.38. The molecule has 0 fully saturated rings. The molecule has 0 bridgehead atoms. The third kappa shape index (κ3) is 5.44. The summed E-state index contributed by atoms with van der Waals surface area (Å²) in [5.74, 6) is 0.0125. The van der Waals surface area contributed by atoms with Gasteiger partial charge in [0.2, 0.25) is 0 Å². The van der Waals surface area contributed by atoms with Crippen LogP contribution in [0.4, 0.5) is 8.78 Å². The zero-order valence-corrected chi connectivity index (χ0v) is 15.3. The van der Waals surface area contributed by atoms with Crippen molar-refractivity contribution in [2.45, 2.75) is 13.2 Å². The average Bonchev–Trinajstić information content (AvgIpc) is 2.70. The fourth-order valence-corrected chi connectivity index (χ4v) is 2.55. The molecule has 0 spiro atoms. The van der Waals surface area contributed by atoms with Crippen molar-refractivity contribution >= 4 is 16.9 Å². The Labute approximate surface area is 163 Å². The van der Waals surface area contributed by atoms with Crippen LogP contribution in [0, 0.1) is 0 Å². The molecule has 0 atom stereocenters. The summed E-state index contributed by atoms with van der Waals surface area (Å²) in [4.78, 5) is 23.3. The molecule has 0 saturated heterocycles. The fraction of sp³-hybridized carbons (Fsp3) is 0.200. The van der Waals surface area contributed by atoms with Gasteiger partial charge in [0, 0.05) is 24.1 Å². The predicted octanol–water partition coefficient (Wildman–Crippen LogP) is 3.10. The van der Waals surface area contributed by atoms with E-state index in [1.165, 1.54) is 37.4 Å². The van der Waals surface area contributed by atoms with Gasteiger partial charge in [-0.05, 0) is 35.9 Å². The second-order valence-corrected chi connectivity index (χ2v) is 5.88. The lowest BCUT2D eigenvalue weighted by molar-refractivity contribution is -0.123. The van der Waals surface area contributed by atoms with Crippen LogP contribution in [0.5, 0.6) is 17.2 Å². The first-order valence-corrected chi connectivity index (χ1v) is 8.50. The number of amides is 1. The Morgan fingerprint density at radius 1 is 1.10 bits per heavy atom. The van der Waals surface area contributed by atoms with E-state index in [-0.39, 0.29) is 24.7 Å². The van der Waals surface area contributed by atoms with Crippen molar-refractivity contribution in [1.82, 2.24) is 5.32 Å². The monoisotopic (exact) mass is 405 g/mol. The zero-order valence-electron chi connectivity index (χ0n) is 15.3. The summed E-state index contributed by atoms with van der Waals surface area (Å²) >= 11 is 0. The van der Waals surface area contributed by atoms with Crippen molar-refractivity contribution in [2.24, 2.45) is 0 Å². The standard InChI is InChI=1S/C20H17F2NO6/c1-26-17-8-12(2-6-15(17)29-20(21)22)10-23-18(24)11-27-14-5-3-13-4-7-19(25)28-16(13)9-14/h2-9,20H,10-11H2,1H3,(H,23,24). The third-order valence-corrected chi connectivity index (χ3v) is 3.90. The van der Waals surface area contributed by atoms with E-state index in [0.717, 1.165) is 5.39 Å². The van der Waals surface area contributed by atoms with Crippen molar-refractivity contribution in [1.29, 1.82) is 0 Å². The number of rotatable bonds is 8. The third-order valence-electron chi connectivity index (χ3n) is 3.90. The first-order valence-electron chi connectivity index (χ1n) is 8.50. The van der Waals surface area contributed by atoms with E-state index in [1.807, 2.05) is 0 Å². The molecular formula is C20H17F2NO6. The van der Waals surface area contributed by atoms with Gasteiger partial charge in [-0.3, -0.25) is 4.79 Å². The van der Waals surface area contributed by atoms with Crippen LogP contribution in [-0.4, -0.2) is 26.2 Å². The molecule has 3 aromatic rings. The van der Waals surface area contributed by atoms with Crippen molar-refractivity contribution in [2.75, 3.05) is 13.7 Å². The van der Waals surface area contributed by atoms with Crippen molar-refractivity contribution in [3.8, 4) is 17.2 Å². The lowest BCUT2D eigenvalue weighted by Crippen LogP contribution is -2.28. The molecule has 0 saturated carbocycles. The van der Waals surface area contributed by atoms with Crippen LogP contribution in [0.1, 0.15) is 5.56 Å². The van der Waals surface area contributed by atoms with Gasteiger partial charge in [0.15, 0.2) is 18.1 Å². The lowest BCUT2D eigenvalue weighted by atomic mass is 10.2. The maximum Gasteiger partial charge on any atom is 0.387 e. The first kappa shape index (κ1) is 20.1. The van der Waals surface area contributed by atoms with Gasteiger partial charge in [-0.25, -0.2) is 4.79 Å². The number of alkyl halides is 2. The van der Waals surface area contributed by atoms with Crippen LogP contribution >= 0.6 is 0 Å². The van der Waals surface area contributed by atoms with E-state index in [2.05, 4.69) is 10.1 Å². The topological polar surface area (TPSA) is 87.0 Å².